The number of ether oxygens (including phenoxy) is 1. The molecule has 0 aliphatic heterocycles. The van der Waals surface area contributed by atoms with E-state index in [0.29, 0.717) is 18.3 Å². The molecule has 1 aromatic carbocycles. The van der Waals surface area contributed by atoms with Crippen molar-refractivity contribution in [3.8, 4) is 5.75 Å². The standard InChI is InChI=1S/C17H29NO2S/c1-5-14(4)12-21(19)13-17(18-6-2)15-8-10-16(11-9-15)20-7-3/h8-11,14,17-18H,5-7,12-13H2,1-4H3. The summed E-state index contributed by atoms with van der Waals surface area (Å²) in [6, 6.07) is 8.26. The predicted molar refractivity (Wildman–Crippen MR) is 91.4 cm³/mol. The van der Waals surface area contributed by atoms with Crippen LogP contribution in [-0.4, -0.2) is 28.9 Å². The second-order valence-electron chi connectivity index (χ2n) is 5.40. The molecule has 0 heterocycles. The summed E-state index contributed by atoms with van der Waals surface area (Å²) in [6.45, 7) is 9.92. The van der Waals surface area contributed by atoms with Crippen molar-refractivity contribution in [2.75, 3.05) is 24.7 Å². The van der Waals surface area contributed by atoms with Crippen molar-refractivity contribution in [1.82, 2.24) is 5.32 Å². The first kappa shape index (κ1) is 18.2. The molecule has 0 saturated carbocycles. The van der Waals surface area contributed by atoms with Gasteiger partial charge in [0.1, 0.15) is 5.75 Å². The highest BCUT2D eigenvalue weighted by Crippen LogP contribution is 2.19. The third kappa shape index (κ3) is 6.62. The van der Waals surface area contributed by atoms with Gasteiger partial charge in [-0.1, -0.05) is 39.3 Å². The Morgan fingerprint density at radius 1 is 1.14 bits per heavy atom. The van der Waals surface area contributed by atoms with Crippen LogP contribution in [0.4, 0.5) is 0 Å². The van der Waals surface area contributed by atoms with Gasteiger partial charge in [0.15, 0.2) is 0 Å². The monoisotopic (exact) mass is 311 g/mol. The molecular weight excluding hydrogens is 282 g/mol. The predicted octanol–water partition coefficient (Wildman–Crippen LogP) is 3.53. The quantitative estimate of drug-likeness (QED) is 0.718. The lowest BCUT2D eigenvalue weighted by Gasteiger charge is -2.19. The van der Waals surface area contributed by atoms with Gasteiger partial charge in [-0.15, -0.1) is 0 Å². The van der Waals surface area contributed by atoms with Crippen molar-refractivity contribution in [2.24, 2.45) is 5.92 Å². The summed E-state index contributed by atoms with van der Waals surface area (Å²) in [5, 5.41) is 3.44. The van der Waals surface area contributed by atoms with Crippen LogP contribution in [0.2, 0.25) is 0 Å². The highest BCUT2D eigenvalue weighted by Gasteiger charge is 2.15. The highest BCUT2D eigenvalue weighted by atomic mass is 32.2. The van der Waals surface area contributed by atoms with E-state index >= 15 is 0 Å². The van der Waals surface area contributed by atoms with Gasteiger partial charge in [0.25, 0.3) is 0 Å². The number of hydrogen-bond donors (Lipinski definition) is 1. The Bertz CT molecular complexity index is 419. The minimum Gasteiger partial charge on any atom is -0.494 e. The van der Waals surface area contributed by atoms with Gasteiger partial charge in [-0.3, -0.25) is 4.21 Å². The number of nitrogens with one attached hydrogen (secondary N) is 1. The summed E-state index contributed by atoms with van der Waals surface area (Å²) in [4.78, 5) is 0. The minimum absolute atomic E-state index is 0.149. The molecule has 1 rings (SSSR count). The maximum atomic E-state index is 12.3. The summed E-state index contributed by atoms with van der Waals surface area (Å²) in [5.74, 6) is 2.87. The van der Waals surface area contributed by atoms with Crippen LogP contribution >= 0.6 is 0 Å². The maximum Gasteiger partial charge on any atom is 0.119 e. The zero-order valence-corrected chi connectivity index (χ0v) is 14.5. The van der Waals surface area contributed by atoms with Gasteiger partial charge in [0, 0.05) is 28.3 Å². The van der Waals surface area contributed by atoms with Gasteiger partial charge < -0.3 is 10.1 Å². The summed E-state index contributed by atoms with van der Waals surface area (Å²) in [7, 11) is -0.785. The van der Waals surface area contributed by atoms with Crippen molar-refractivity contribution >= 4 is 10.8 Å². The molecule has 0 saturated heterocycles. The fraction of sp³-hybridized carbons (Fsp3) is 0.647. The molecule has 120 valence electrons. The molecule has 21 heavy (non-hydrogen) atoms. The molecule has 1 N–H and O–H groups in total. The number of rotatable bonds is 10. The van der Waals surface area contributed by atoms with Crippen LogP contribution in [0.25, 0.3) is 0 Å². The smallest absolute Gasteiger partial charge is 0.119 e. The molecule has 0 fully saturated rings. The third-order valence-corrected chi connectivity index (χ3v) is 5.21. The molecule has 0 bridgehead atoms. The Hall–Kier alpha value is -0.870. The zero-order valence-electron chi connectivity index (χ0n) is 13.7. The first-order chi connectivity index (χ1) is 10.1. The van der Waals surface area contributed by atoms with Gasteiger partial charge in [0.05, 0.1) is 6.61 Å². The Morgan fingerprint density at radius 2 is 1.81 bits per heavy atom. The van der Waals surface area contributed by atoms with Crippen LogP contribution in [0.3, 0.4) is 0 Å². The molecule has 0 aliphatic rings. The molecule has 0 aromatic heterocycles. The van der Waals surface area contributed by atoms with E-state index in [2.05, 4.69) is 38.2 Å². The lowest BCUT2D eigenvalue weighted by molar-refractivity contribution is 0.340. The normalized spacial score (nSPS) is 15.4. The minimum atomic E-state index is -0.785. The highest BCUT2D eigenvalue weighted by molar-refractivity contribution is 7.85. The molecule has 0 spiro atoms. The van der Waals surface area contributed by atoms with E-state index in [9.17, 15) is 4.21 Å². The first-order valence-corrected chi connectivity index (χ1v) is 9.40. The molecular formula is C17H29NO2S. The summed E-state index contributed by atoms with van der Waals surface area (Å²) in [5.41, 5.74) is 1.18. The van der Waals surface area contributed by atoms with Crippen LogP contribution in [-0.2, 0) is 10.8 Å². The summed E-state index contributed by atoms with van der Waals surface area (Å²) in [6.07, 6.45) is 1.08. The molecule has 3 unspecified atom stereocenters. The lowest BCUT2D eigenvalue weighted by atomic mass is 10.1. The van der Waals surface area contributed by atoms with Gasteiger partial charge in [0.2, 0.25) is 0 Å². The van der Waals surface area contributed by atoms with Gasteiger partial charge in [-0.2, -0.15) is 0 Å². The van der Waals surface area contributed by atoms with Crippen LogP contribution in [0.1, 0.15) is 45.7 Å². The van der Waals surface area contributed by atoms with E-state index in [0.717, 1.165) is 24.5 Å². The number of benzene rings is 1. The van der Waals surface area contributed by atoms with Crippen molar-refractivity contribution in [1.29, 1.82) is 0 Å². The zero-order chi connectivity index (χ0) is 15.7. The average molecular weight is 311 g/mol. The Balaban J connectivity index is 2.69. The maximum absolute atomic E-state index is 12.3. The van der Waals surface area contributed by atoms with Gasteiger partial charge in [-0.25, -0.2) is 0 Å². The molecule has 3 nitrogen and oxygen atoms in total. The van der Waals surface area contributed by atoms with Crippen molar-refractivity contribution < 1.29 is 8.95 Å². The van der Waals surface area contributed by atoms with Crippen molar-refractivity contribution in [3.63, 3.8) is 0 Å². The van der Waals surface area contributed by atoms with E-state index in [-0.39, 0.29) is 6.04 Å². The fourth-order valence-electron chi connectivity index (χ4n) is 2.17. The molecule has 0 aliphatic carbocycles. The largest absolute Gasteiger partial charge is 0.494 e. The molecule has 0 amide bonds. The first-order valence-electron chi connectivity index (χ1n) is 7.91. The molecule has 3 atom stereocenters. The van der Waals surface area contributed by atoms with E-state index in [1.807, 2.05) is 19.1 Å². The van der Waals surface area contributed by atoms with Crippen molar-refractivity contribution in [3.05, 3.63) is 29.8 Å². The van der Waals surface area contributed by atoms with Crippen LogP contribution < -0.4 is 10.1 Å². The van der Waals surface area contributed by atoms with Gasteiger partial charge >= 0.3 is 0 Å². The van der Waals surface area contributed by atoms with Crippen molar-refractivity contribution in [2.45, 2.75) is 40.2 Å². The summed E-state index contributed by atoms with van der Waals surface area (Å²) >= 11 is 0. The van der Waals surface area contributed by atoms with Crippen LogP contribution in [0.15, 0.2) is 24.3 Å². The SMILES string of the molecule is CCNC(CS(=O)CC(C)CC)c1ccc(OCC)cc1. The van der Waals surface area contributed by atoms with Crippen LogP contribution in [0, 0.1) is 5.92 Å². The van der Waals surface area contributed by atoms with Gasteiger partial charge in [-0.05, 0) is 37.1 Å². The Kier molecular flexibility index (Phi) is 8.62. The van der Waals surface area contributed by atoms with E-state index < -0.39 is 10.8 Å². The second-order valence-corrected chi connectivity index (χ2v) is 6.95. The molecule has 1 aromatic rings. The molecule has 4 heteroatoms. The lowest BCUT2D eigenvalue weighted by Crippen LogP contribution is -2.27. The Labute approximate surface area is 131 Å². The summed E-state index contributed by atoms with van der Waals surface area (Å²) < 4.78 is 17.8. The number of hydrogen-bond acceptors (Lipinski definition) is 3. The average Bonchev–Trinajstić information content (AvgIpc) is 2.47. The van der Waals surface area contributed by atoms with E-state index in [1.54, 1.807) is 0 Å². The second kappa shape index (κ2) is 9.96. The Morgan fingerprint density at radius 3 is 2.33 bits per heavy atom. The topological polar surface area (TPSA) is 38.3 Å². The molecule has 0 radical (unpaired) electrons. The van der Waals surface area contributed by atoms with E-state index in [1.165, 1.54) is 5.56 Å². The third-order valence-electron chi connectivity index (χ3n) is 3.56. The fourth-order valence-corrected chi connectivity index (χ4v) is 3.86. The van der Waals surface area contributed by atoms with E-state index in [4.69, 9.17) is 4.74 Å². The van der Waals surface area contributed by atoms with Crippen LogP contribution in [0.5, 0.6) is 5.75 Å².